The largest absolute Gasteiger partial charge is 0.341 e. The van der Waals surface area contributed by atoms with Gasteiger partial charge in [0.15, 0.2) is 6.29 Å². The van der Waals surface area contributed by atoms with Gasteiger partial charge in [-0.25, -0.2) is 0 Å². The van der Waals surface area contributed by atoms with E-state index in [1.807, 2.05) is 17.9 Å². The predicted molar refractivity (Wildman–Crippen MR) is 81.1 cm³/mol. The Labute approximate surface area is 130 Å². The Morgan fingerprint density at radius 2 is 2.29 bits per heavy atom. The standard InChI is InChI=1S/C16H22ClNO3/c1-11(15(19)18-8-2-3-9-18)20-16-14(21-16)10-12-4-6-13(17)7-5-12/h4-6,11,13-14,16H,2-3,7-10H2,1H3/t11-,13?,14?,16+/m0/s1. The van der Waals surface area contributed by atoms with Crippen molar-refractivity contribution in [2.75, 3.05) is 13.1 Å². The molecule has 2 heterocycles. The van der Waals surface area contributed by atoms with Gasteiger partial charge >= 0.3 is 0 Å². The zero-order chi connectivity index (χ0) is 14.8. The molecule has 1 aliphatic carbocycles. The van der Waals surface area contributed by atoms with Gasteiger partial charge in [-0.2, -0.15) is 0 Å². The first-order valence-electron chi connectivity index (χ1n) is 7.74. The number of nitrogens with zero attached hydrogens (tertiary/aromatic N) is 1. The van der Waals surface area contributed by atoms with Gasteiger partial charge in [0.2, 0.25) is 0 Å². The molecule has 1 amide bonds. The number of rotatable bonds is 5. The zero-order valence-electron chi connectivity index (χ0n) is 12.3. The summed E-state index contributed by atoms with van der Waals surface area (Å²) in [4.78, 5) is 14.0. The van der Waals surface area contributed by atoms with Crippen LogP contribution in [-0.2, 0) is 14.3 Å². The van der Waals surface area contributed by atoms with Crippen LogP contribution in [0.15, 0.2) is 23.8 Å². The van der Waals surface area contributed by atoms with Gasteiger partial charge in [-0.1, -0.05) is 18.2 Å². The summed E-state index contributed by atoms with van der Waals surface area (Å²) in [6, 6.07) is 0. The van der Waals surface area contributed by atoms with Gasteiger partial charge in [-0.15, -0.1) is 11.6 Å². The Hall–Kier alpha value is -0.840. The van der Waals surface area contributed by atoms with Crippen LogP contribution in [0.2, 0.25) is 0 Å². The molecule has 0 spiro atoms. The van der Waals surface area contributed by atoms with E-state index in [2.05, 4.69) is 12.2 Å². The minimum Gasteiger partial charge on any atom is -0.341 e. The highest BCUT2D eigenvalue weighted by Crippen LogP contribution is 2.32. The molecule has 2 aliphatic heterocycles. The molecule has 0 aromatic carbocycles. The number of carbonyl (C=O) groups excluding carboxylic acids is 1. The first kappa shape index (κ1) is 15.1. The molecule has 0 saturated carbocycles. The Bertz CT molecular complexity index is 456. The van der Waals surface area contributed by atoms with Gasteiger partial charge in [0.25, 0.3) is 5.91 Å². The fourth-order valence-electron chi connectivity index (χ4n) is 2.87. The lowest BCUT2D eigenvalue weighted by Gasteiger charge is -2.19. The molecule has 21 heavy (non-hydrogen) atoms. The molecule has 0 N–H and O–H groups in total. The van der Waals surface area contributed by atoms with E-state index in [1.54, 1.807) is 0 Å². The van der Waals surface area contributed by atoms with E-state index < -0.39 is 6.10 Å². The smallest absolute Gasteiger partial charge is 0.251 e. The van der Waals surface area contributed by atoms with Gasteiger partial charge in [-0.05, 0) is 31.8 Å². The molecular formula is C16H22ClNO3. The normalized spacial score (nSPS) is 33.0. The van der Waals surface area contributed by atoms with Crippen LogP contribution in [0.1, 0.15) is 32.6 Å². The highest BCUT2D eigenvalue weighted by atomic mass is 35.5. The number of hydrogen-bond donors (Lipinski definition) is 0. The predicted octanol–water partition coefficient (Wildman–Crippen LogP) is 2.62. The van der Waals surface area contributed by atoms with Crippen LogP contribution in [0.5, 0.6) is 0 Å². The molecule has 5 heteroatoms. The fourth-order valence-corrected chi connectivity index (χ4v) is 3.03. The second-order valence-electron chi connectivity index (χ2n) is 5.95. The van der Waals surface area contributed by atoms with Gasteiger partial charge in [0.05, 0.1) is 5.38 Å². The van der Waals surface area contributed by atoms with Crippen molar-refractivity contribution in [3.05, 3.63) is 23.8 Å². The topological polar surface area (TPSA) is 42.1 Å². The summed E-state index contributed by atoms with van der Waals surface area (Å²) >= 11 is 6.00. The van der Waals surface area contributed by atoms with Crippen molar-refractivity contribution < 1.29 is 14.3 Å². The third-order valence-corrected chi connectivity index (χ3v) is 4.52. The summed E-state index contributed by atoms with van der Waals surface area (Å²) in [5.41, 5.74) is 1.24. The lowest BCUT2D eigenvalue weighted by Crippen LogP contribution is -2.37. The fraction of sp³-hybridized carbons (Fsp3) is 0.688. The zero-order valence-corrected chi connectivity index (χ0v) is 13.1. The third kappa shape index (κ3) is 3.87. The van der Waals surface area contributed by atoms with Crippen LogP contribution < -0.4 is 0 Å². The molecule has 2 fully saturated rings. The first-order chi connectivity index (χ1) is 10.1. The molecule has 2 saturated heterocycles. The summed E-state index contributed by atoms with van der Waals surface area (Å²) in [6.45, 7) is 3.54. The first-order valence-corrected chi connectivity index (χ1v) is 8.18. The number of halogens is 1. The monoisotopic (exact) mass is 311 g/mol. The van der Waals surface area contributed by atoms with Crippen LogP contribution in [0.3, 0.4) is 0 Å². The Balaban J connectivity index is 1.41. The van der Waals surface area contributed by atoms with E-state index in [1.165, 1.54) is 5.57 Å². The van der Waals surface area contributed by atoms with Crippen molar-refractivity contribution in [3.8, 4) is 0 Å². The molecule has 116 valence electrons. The summed E-state index contributed by atoms with van der Waals surface area (Å²) in [6.07, 6.45) is 9.52. The number of amides is 1. The van der Waals surface area contributed by atoms with E-state index in [0.717, 1.165) is 38.8 Å². The quantitative estimate of drug-likeness (QED) is 0.579. The summed E-state index contributed by atoms with van der Waals surface area (Å²) in [5, 5.41) is 0.110. The molecule has 0 radical (unpaired) electrons. The van der Waals surface area contributed by atoms with Crippen molar-refractivity contribution in [3.63, 3.8) is 0 Å². The number of likely N-dealkylation sites (tertiary alicyclic amines) is 1. The third-order valence-electron chi connectivity index (χ3n) is 4.20. The molecule has 4 nitrogen and oxygen atoms in total. The number of ether oxygens (including phenoxy) is 2. The summed E-state index contributed by atoms with van der Waals surface area (Å²) < 4.78 is 11.2. The maximum absolute atomic E-state index is 12.1. The second-order valence-corrected chi connectivity index (χ2v) is 6.51. The van der Waals surface area contributed by atoms with Crippen LogP contribution in [-0.4, -0.2) is 47.8 Å². The average molecular weight is 312 g/mol. The van der Waals surface area contributed by atoms with Crippen molar-refractivity contribution in [1.29, 1.82) is 0 Å². The van der Waals surface area contributed by atoms with Gasteiger partial charge in [0, 0.05) is 19.5 Å². The van der Waals surface area contributed by atoms with Crippen molar-refractivity contribution in [2.45, 2.75) is 56.5 Å². The highest BCUT2D eigenvalue weighted by Gasteiger charge is 2.42. The molecule has 0 bridgehead atoms. The molecule has 0 aromatic rings. The lowest BCUT2D eigenvalue weighted by molar-refractivity contribution is -0.144. The van der Waals surface area contributed by atoms with Gasteiger partial charge in [0.1, 0.15) is 12.2 Å². The average Bonchev–Trinajstić information content (AvgIpc) is 2.99. The molecule has 3 rings (SSSR count). The minimum atomic E-state index is -0.416. The molecule has 3 aliphatic rings. The number of hydrogen-bond acceptors (Lipinski definition) is 3. The van der Waals surface area contributed by atoms with Crippen LogP contribution in [0.25, 0.3) is 0 Å². The van der Waals surface area contributed by atoms with E-state index in [4.69, 9.17) is 21.1 Å². The van der Waals surface area contributed by atoms with Gasteiger partial charge in [-0.3, -0.25) is 4.79 Å². The summed E-state index contributed by atoms with van der Waals surface area (Å²) in [7, 11) is 0. The maximum atomic E-state index is 12.1. The van der Waals surface area contributed by atoms with E-state index in [9.17, 15) is 4.79 Å². The molecule has 2 unspecified atom stereocenters. The maximum Gasteiger partial charge on any atom is 0.251 e. The number of allylic oxidation sites excluding steroid dienone is 3. The van der Waals surface area contributed by atoms with E-state index >= 15 is 0 Å². The molecule has 4 atom stereocenters. The number of alkyl halides is 1. The Morgan fingerprint density at radius 1 is 1.52 bits per heavy atom. The lowest BCUT2D eigenvalue weighted by atomic mass is 10.0. The summed E-state index contributed by atoms with van der Waals surface area (Å²) in [5.74, 6) is 0.0866. The van der Waals surface area contributed by atoms with Crippen LogP contribution in [0.4, 0.5) is 0 Å². The van der Waals surface area contributed by atoms with E-state index in [-0.39, 0.29) is 23.7 Å². The molecular weight excluding hydrogens is 290 g/mol. The Kier molecular flexibility index (Phi) is 4.67. The number of carbonyl (C=O) groups is 1. The SMILES string of the molecule is C[C@H](O[C@@H]1OC1CC1=CCC(Cl)C=C1)C(=O)N1CCCC1. The second kappa shape index (κ2) is 6.51. The number of epoxide rings is 1. The van der Waals surface area contributed by atoms with Crippen molar-refractivity contribution >= 4 is 17.5 Å². The van der Waals surface area contributed by atoms with Crippen LogP contribution >= 0.6 is 11.6 Å². The van der Waals surface area contributed by atoms with Crippen molar-refractivity contribution in [2.24, 2.45) is 0 Å². The minimum absolute atomic E-state index is 0.0709. The Morgan fingerprint density at radius 3 is 2.95 bits per heavy atom. The van der Waals surface area contributed by atoms with Gasteiger partial charge < -0.3 is 14.4 Å². The van der Waals surface area contributed by atoms with Crippen molar-refractivity contribution in [1.82, 2.24) is 4.90 Å². The van der Waals surface area contributed by atoms with E-state index in [0.29, 0.717) is 0 Å². The molecule has 0 aromatic heterocycles. The highest BCUT2D eigenvalue weighted by molar-refractivity contribution is 6.22. The van der Waals surface area contributed by atoms with Crippen LogP contribution in [0, 0.1) is 0 Å².